The number of amides is 1. The maximum Gasteiger partial charge on any atom is 0.224 e. The molecule has 0 unspecified atom stereocenters. The van der Waals surface area contributed by atoms with Gasteiger partial charge >= 0.3 is 0 Å². The highest BCUT2D eigenvalue weighted by Crippen LogP contribution is 2.20. The summed E-state index contributed by atoms with van der Waals surface area (Å²) in [7, 11) is 0. The van der Waals surface area contributed by atoms with Crippen molar-refractivity contribution in [2.24, 2.45) is 0 Å². The van der Waals surface area contributed by atoms with E-state index >= 15 is 0 Å². The number of pyridine rings is 1. The maximum atomic E-state index is 12.9. The molecule has 0 aliphatic heterocycles. The van der Waals surface area contributed by atoms with E-state index in [0.29, 0.717) is 22.9 Å². The third-order valence-electron chi connectivity index (χ3n) is 3.73. The fourth-order valence-electron chi connectivity index (χ4n) is 2.36. The SMILES string of the molecule is O=C(CCC(=O)c1ccccc1)Nc1ccc(Oc2ccc(F)cc2)nc1. The zero-order valence-corrected chi connectivity index (χ0v) is 14.4. The van der Waals surface area contributed by atoms with Gasteiger partial charge < -0.3 is 10.1 Å². The van der Waals surface area contributed by atoms with Crippen molar-refractivity contribution in [3.8, 4) is 11.6 Å². The Morgan fingerprint density at radius 1 is 0.926 bits per heavy atom. The molecule has 0 saturated heterocycles. The number of carbonyl (C=O) groups is 2. The molecule has 0 atom stereocenters. The summed E-state index contributed by atoms with van der Waals surface area (Å²) in [6.45, 7) is 0. The van der Waals surface area contributed by atoms with Crippen LogP contribution in [-0.2, 0) is 4.79 Å². The molecule has 0 bridgehead atoms. The fourth-order valence-corrected chi connectivity index (χ4v) is 2.36. The molecule has 136 valence electrons. The minimum Gasteiger partial charge on any atom is -0.439 e. The number of benzene rings is 2. The van der Waals surface area contributed by atoms with Gasteiger partial charge in [0, 0.05) is 24.5 Å². The number of ether oxygens (including phenoxy) is 1. The molecule has 3 rings (SSSR count). The molecule has 0 spiro atoms. The Hall–Kier alpha value is -3.54. The minimum atomic E-state index is -0.348. The summed E-state index contributed by atoms with van der Waals surface area (Å²) in [6, 6.07) is 17.7. The van der Waals surface area contributed by atoms with Crippen LogP contribution < -0.4 is 10.1 Å². The number of halogens is 1. The predicted octanol–water partition coefficient (Wildman–Crippen LogP) is 4.61. The van der Waals surface area contributed by atoms with Gasteiger partial charge in [-0.1, -0.05) is 30.3 Å². The van der Waals surface area contributed by atoms with Gasteiger partial charge in [0.05, 0.1) is 11.9 Å². The van der Waals surface area contributed by atoms with Crippen LogP contribution >= 0.6 is 0 Å². The van der Waals surface area contributed by atoms with Crippen molar-refractivity contribution < 1.29 is 18.7 Å². The Bertz CT molecular complexity index is 910. The molecule has 27 heavy (non-hydrogen) atoms. The largest absolute Gasteiger partial charge is 0.439 e. The second-order valence-electron chi connectivity index (χ2n) is 5.78. The number of carbonyl (C=O) groups excluding carboxylic acids is 2. The average molecular weight is 364 g/mol. The van der Waals surface area contributed by atoms with Crippen LogP contribution in [0.5, 0.6) is 11.6 Å². The molecule has 0 saturated carbocycles. The van der Waals surface area contributed by atoms with Crippen LogP contribution in [0, 0.1) is 5.82 Å². The lowest BCUT2D eigenvalue weighted by Gasteiger charge is -2.07. The van der Waals surface area contributed by atoms with Crippen molar-refractivity contribution in [1.82, 2.24) is 4.98 Å². The molecule has 0 aliphatic carbocycles. The molecule has 6 heteroatoms. The summed E-state index contributed by atoms with van der Waals surface area (Å²) in [5, 5.41) is 2.69. The van der Waals surface area contributed by atoms with Crippen LogP contribution in [0.4, 0.5) is 10.1 Å². The lowest BCUT2D eigenvalue weighted by molar-refractivity contribution is -0.116. The maximum absolute atomic E-state index is 12.9. The van der Waals surface area contributed by atoms with Gasteiger partial charge in [-0.15, -0.1) is 0 Å². The standard InChI is InChI=1S/C21H17FN2O3/c22-16-6-9-18(10-7-16)27-21-13-8-17(14-23-21)24-20(26)12-11-19(25)15-4-2-1-3-5-15/h1-10,13-14H,11-12H2,(H,24,26). The Morgan fingerprint density at radius 3 is 2.33 bits per heavy atom. The molecule has 1 amide bonds. The average Bonchev–Trinajstić information content (AvgIpc) is 2.70. The normalized spacial score (nSPS) is 10.3. The molecular formula is C21H17FN2O3. The molecule has 1 N–H and O–H groups in total. The van der Waals surface area contributed by atoms with Gasteiger partial charge in [-0.3, -0.25) is 9.59 Å². The van der Waals surface area contributed by atoms with Gasteiger partial charge in [0.2, 0.25) is 11.8 Å². The second kappa shape index (κ2) is 8.71. The van der Waals surface area contributed by atoms with E-state index in [0.717, 1.165) is 0 Å². The Morgan fingerprint density at radius 2 is 1.67 bits per heavy atom. The number of hydrogen-bond donors (Lipinski definition) is 1. The van der Waals surface area contributed by atoms with Gasteiger partial charge in [0.1, 0.15) is 11.6 Å². The van der Waals surface area contributed by atoms with Gasteiger partial charge in [-0.2, -0.15) is 0 Å². The fraction of sp³-hybridized carbons (Fsp3) is 0.0952. The first-order valence-corrected chi connectivity index (χ1v) is 8.38. The van der Waals surface area contributed by atoms with Gasteiger partial charge in [0.15, 0.2) is 5.78 Å². The van der Waals surface area contributed by atoms with Crippen molar-refractivity contribution in [2.75, 3.05) is 5.32 Å². The number of anilines is 1. The molecule has 0 radical (unpaired) electrons. The first kappa shape index (κ1) is 18.3. The van der Waals surface area contributed by atoms with Gasteiger partial charge in [-0.25, -0.2) is 9.37 Å². The molecular weight excluding hydrogens is 347 g/mol. The summed E-state index contributed by atoms with van der Waals surface area (Å²) in [5.74, 6) is 0.0818. The Balaban J connectivity index is 1.49. The highest BCUT2D eigenvalue weighted by atomic mass is 19.1. The molecule has 1 aromatic heterocycles. The molecule has 0 aliphatic rings. The van der Waals surface area contributed by atoms with Crippen LogP contribution in [0.1, 0.15) is 23.2 Å². The van der Waals surface area contributed by atoms with Crippen LogP contribution in [0.25, 0.3) is 0 Å². The van der Waals surface area contributed by atoms with E-state index in [2.05, 4.69) is 10.3 Å². The van der Waals surface area contributed by atoms with Crippen molar-refractivity contribution in [3.05, 3.63) is 84.3 Å². The third kappa shape index (κ3) is 5.47. The van der Waals surface area contributed by atoms with Crippen LogP contribution in [0.15, 0.2) is 72.9 Å². The van der Waals surface area contributed by atoms with E-state index in [1.165, 1.54) is 30.5 Å². The molecule has 1 heterocycles. The number of aromatic nitrogens is 1. The topological polar surface area (TPSA) is 68.3 Å². The van der Waals surface area contributed by atoms with Crippen LogP contribution in [0.2, 0.25) is 0 Å². The Labute approximate surface area is 155 Å². The highest BCUT2D eigenvalue weighted by molar-refractivity contribution is 5.99. The van der Waals surface area contributed by atoms with E-state index in [4.69, 9.17) is 4.74 Å². The predicted molar refractivity (Wildman–Crippen MR) is 99.3 cm³/mol. The zero-order chi connectivity index (χ0) is 19.1. The summed E-state index contributed by atoms with van der Waals surface area (Å²) < 4.78 is 18.4. The van der Waals surface area contributed by atoms with Gasteiger partial charge in [-0.05, 0) is 30.3 Å². The third-order valence-corrected chi connectivity index (χ3v) is 3.73. The smallest absolute Gasteiger partial charge is 0.224 e. The first-order valence-electron chi connectivity index (χ1n) is 8.38. The number of nitrogens with one attached hydrogen (secondary N) is 1. The molecule has 5 nitrogen and oxygen atoms in total. The summed E-state index contributed by atoms with van der Waals surface area (Å²) in [5.41, 5.74) is 1.09. The number of rotatable bonds is 7. The monoisotopic (exact) mass is 364 g/mol. The number of Topliss-reactive ketones (excluding diaryl/α,β-unsaturated/α-hetero) is 1. The number of hydrogen-bond acceptors (Lipinski definition) is 4. The van der Waals surface area contributed by atoms with E-state index in [1.54, 1.807) is 36.4 Å². The molecule has 3 aromatic rings. The Kier molecular flexibility index (Phi) is 5.89. The molecule has 2 aromatic carbocycles. The summed E-state index contributed by atoms with van der Waals surface area (Å²) >= 11 is 0. The van der Waals surface area contributed by atoms with E-state index in [1.807, 2.05) is 6.07 Å². The lowest BCUT2D eigenvalue weighted by Crippen LogP contribution is -2.13. The quantitative estimate of drug-likeness (QED) is 0.622. The van der Waals surface area contributed by atoms with Gasteiger partial charge in [0.25, 0.3) is 0 Å². The highest BCUT2D eigenvalue weighted by Gasteiger charge is 2.09. The number of ketones is 1. The van der Waals surface area contributed by atoms with Crippen LogP contribution in [-0.4, -0.2) is 16.7 Å². The van der Waals surface area contributed by atoms with E-state index < -0.39 is 0 Å². The molecule has 0 fully saturated rings. The first-order chi connectivity index (χ1) is 13.1. The van der Waals surface area contributed by atoms with Crippen molar-refractivity contribution >= 4 is 17.4 Å². The van der Waals surface area contributed by atoms with E-state index in [-0.39, 0.29) is 30.3 Å². The summed E-state index contributed by atoms with van der Waals surface area (Å²) in [4.78, 5) is 28.1. The van der Waals surface area contributed by atoms with Crippen molar-refractivity contribution in [3.63, 3.8) is 0 Å². The van der Waals surface area contributed by atoms with Crippen LogP contribution in [0.3, 0.4) is 0 Å². The van der Waals surface area contributed by atoms with E-state index in [9.17, 15) is 14.0 Å². The zero-order valence-electron chi connectivity index (χ0n) is 14.4. The summed E-state index contributed by atoms with van der Waals surface area (Å²) in [6.07, 6.45) is 1.67. The van der Waals surface area contributed by atoms with Crippen molar-refractivity contribution in [2.45, 2.75) is 12.8 Å². The minimum absolute atomic E-state index is 0.0769. The lowest BCUT2D eigenvalue weighted by atomic mass is 10.1. The van der Waals surface area contributed by atoms with Crippen molar-refractivity contribution in [1.29, 1.82) is 0 Å². The number of nitrogens with zero attached hydrogens (tertiary/aromatic N) is 1. The second-order valence-corrected chi connectivity index (χ2v) is 5.78.